The minimum absolute atomic E-state index is 0. The molecule has 8 aromatic carbocycles. The molecule has 10 heterocycles. The lowest BCUT2D eigenvalue weighted by molar-refractivity contribution is 0.0701. The number of rotatable bonds is 33. The van der Waals surface area contributed by atoms with Crippen LogP contribution in [0.1, 0.15) is 27.6 Å². The van der Waals surface area contributed by atoms with Crippen LogP contribution in [0.3, 0.4) is 0 Å². The molecule has 0 saturated heterocycles. The second-order valence-corrected chi connectivity index (χ2v) is 32.1. The molecule has 31 nitrogen and oxygen atoms in total. The van der Waals surface area contributed by atoms with Crippen molar-refractivity contribution < 1.29 is 62.7 Å². The van der Waals surface area contributed by atoms with E-state index >= 15 is 0 Å². The van der Waals surface area contributed by atoms with Crippen molar-refractivity contribution in [3.63, 3.8) is 0 Å². The van der Waals surface area contributed by atoms with Crippen molar-refractivity contribution in [3.8, 4) is 85.3 Å². The summed E-state index contributed by atoms with van der Waals surface area (Å²) in [6, 6.07) is 52.9. The van der Waals surface area contributed by atoms with E-state index < -0.39 is 30.7 Å². The summed E-state index contributed by atoms with van der Waals surface area (Å²) in [6.07, 6.45) is 28.5. The number of aliphatic hydroxyl groups excluding tert-OH is 4. The summed E-state index contributed by atoms with van der Waals surface area (Å²) < 4.78 is 67.5. The molecule has 17 aromatic rings. The average molecular weight is 1860 g/mol. The van der Waals surface area contributed by atoms with Gasteiger partial charge in [-0.05, 0) is 123 Å². The minimum Gasteiger partial charge on any atom is -0.497 e. The number of nitrogens with zero attached hydrogens (tertiary/aromatic N) is 19. The smallest absolute Gasteiger partial charge is 0.128 e. The Hall–Kier alpha value is -15.6. The van der Waals surface area contributed by atoms with Gasteiger partial charge in [0.1, 0.15) is 51.9 Å². The van der Waals surface area contributed by atoms with Gasteiger partial charge >= 0.3 is 0 Å². The Balaban J connectivity index is 0.000000154. The van der Waals surface area contributed by atoms with Gasteiger partial charge in [0.05, 0.1) is 218 Å². The summed E-state index contributed by atoms with van der Waals surface area (Å²) in [4.78, 5) is 54.6. The quantitative estimate of drug-likeness (QED) is 0.0297. The molecule has 9 aromatic heterocycles. The van der Waals surface area contributed by atoms with E-state index in [9.17, 15) is 24.8 Å². The lowest BCUT2D eigenvalue weighted by Gasteiger charge is -2.28. The van der Waals surface area contributed by atoms with Crippen molar-refractivity contribution in [2.75, 3.05) is 122 Å². The molecule has 0 fully saturated rings. The average Bonchev–Trinajstić information content (AvgIpc) is 1.71. The van der Waals surface area contributed by atoms with Gasteiger partial charge in [0.2, 0.25) is 0 Å². The fraction of sp³-hybridized carbons (Fsp3) is 0.257. The van der Waals surface area contributed by atoms with Crippen molar-refractivity contribution in [1.29, 1.82) is 0 Å². The van der Waals surface area contributed by atoms with E-state index in [0.29, 0.717) is 83.9 Å². The number of hydrogen-bond donors (Lipinski definition) is 4. The second kappa shape index (κ2) is 45.9. The first kappa shape index (κ1) is 98.9. The zero-order valence-corrected chi connectivity index (χ0v) is 77.4. The maximum atomic E-state index is 14.2. The standard InChI is InChI=1S/C28H30N6O3.C26H25N5O2.C25H28N4O4.C24H25FN4O3.2CH4/c1-19-29-8-10-33(19)17-23(35)18-34(22-11-24(36-3)14-25(12-22)37-4)21-5-6-26-27(13-21)31-28(15-30-26)20-7-9-32(2)16-20;1-30-10-8-18(16-30)26-15-28-24-7-6-20(13-25(24)29-26)31(17-19-5-4-9-27-19)21-11-22(32-2)14-23(12-21)33-3;1-28-8-7-17(14-28)25-13-26-23-6-5-18(11-24(23)27-25)29(15-20(30)16-31-2)19-9-21(32-3)12-22(10-19)33-4;1-3-28-7-6-16(13-28)24-12-26-22-5-4-18(11-23(22)27-24)29(14-20(31)15-30)19-8-17(25)9-21(10-19)32-2;;/h5-16,23,35H,17-18H2,1-4H3;4-8,10-16H,9,17H2,1-3H3;5-14,20,30H,15-16H2,1-4H3;4-13,20,30-31H,3,14-15H2,1-2H3;2*1H4/t;;20-;;;/m..1.../s1. The minimum atomic E-state index is -1.02. The number of benzene rings is 8. The Morgan fingerprint density at radius 3 is 1.07 bits per heavy atom. The van der Waals surface area contributed by atoms with E-state index in [1.54, 1.807) is 85.5 Å². The fourth-order valence-corrected chi connectivity index (χ4v) is 15.6. The number of halogens is 1. The third-order valence-corrected chi connectivity index (χ3v) is 22.6. The monoisotopic (exact) mass is 1850 g/mol. The molecule has 0 aliphatic carbocycles. The molecule has 0 radical (unpaired) electrons. The molecule has 4 N–H and O–H groups in total. The molecule has 1 aliphatic heterocycles. The van der Waals surface area contributed by atoms with Gasteiger partial charge in [0, 0.05) is 231 Å². The molecule has 710 valence electrons. The largest absolute Gasteiger partial charge is 0.497 e. The number of fused-ring (bicyclic) bond motifs is 4. The van der Waals surface area contributed by atoms with E-state index in [-0.39, 0.29) is 28.0 Å². The highest BCUT2D eigenvalue weighted by molar-refractivity contribution is 6.01. The maximum absolute atomic E-state index is 14.2. The van der Waals surface area contributed by atoms with Gasteiger partial charge in [-0.25, -0.2) is 29.3 Å². The van der Waals surface area contributed by atoms with E-state index in [2.05, 4.69) is 70.6 Å². The van der Waals surface area contributed by atoms with Crippen LogP contribution in [0.2, 0.25) is 0 Å². The summed E-state index contributed by atoms with van der Waals surface area (Å²) in [6.45, 7) is 7.08. The number of imidazole rings is 1. The molecule has 32 heteroatoms. The van der Waals surface area contributed by atoms with Crippen LogP contribution in [0.5, 0.6) is 40.2 Å². The molecular weight excluding hydrogens is 1740 g/mol. The van der Waals surface area contributed by atoms with Gasteiger partial charge in [-0.15, -0.1) is 0 Å². The maximum Gasteiger partial charge on any atom is 0.128 e. The summed E-state index contributed by atoms with van der Waals surface area (Å²) in [5, 5.41) is 41.2. The summed E-state index contributed by atoms with van der Waals surface area (Å²) in [5.41, 5.74) is 20.8. The number of aliphatic imine (C=N–C) groups is 1. The van der Waals surface area contributed by atoms with Crippen LogP contribution in [-0.2, 0) is 39.0 Å². The van der Waals surface area contributed by atoms with Gasteiger partial charge in [-0.2, -0.15) is 0 Å². The summed E-state index contributed by atoms with van der Waals surface area (Å²) >= 11 is 0. The molecular formula is C105H116FN19O12. The molecule has 0 bridgehead atoms. The molecule has 1 aliphatic rings. The predicted octanol–water partition coefficient (Wildman–Crippen LogP) is 18.0. The number of aliphatic hydroxyl groups is 4. The van der Waals surface area contributed by atoms with Crippen LogP contribution >= 0.6 is 0 Å². The van der Waals surface area contributed by atoms with Crippen LogP contribution < -0.4 is 52.8 Å². The number of hydrogen-bond acceptors (Lipinski definition) is 26. The number of aryl methyl sites for hydroxylation is 5. The zero-order chi connectivity index (χ0) is 94.8. The zero-order valence-electron chi connectivity index (χ0n) is 77.4. The first-order chi connectivity index (χ1) is 65.5. The van der Waals surface area contributed by atoms with Crippen LogP contribution in [-0.4, -0.2) is 215 Å². The Morgan fingerprint density at radius 1 is 0.387 bits per heavy atom. The second-order valence-electron chi connectivity index (χ2n) is 32.1. The summed E-state index contributed by atoms with van der Waals surface area (Å²) in [5.74, 6) is 4.82. The highest BCUT2D eigenvalue weighted by atomic mass is 19.1. The van der Waals surface area contributed by atoms with Crippen molar-refractivity contribution >= 4 is 95.3 Å². The predicted molar refractivity (Wildman–Crippen MR) is 539 cm³/mol. The SMILES string of the molecule is C.C.CCn1ccc(-c2cnc3ccc(N(CC(O)CO)c4cc(F)cc(OC)c4)cc3n2)c1.COC[C@H](O)CN(c1cc(OC)cc(OC)c1)c1ccc2ncc(-c3ccn(C)c3)nc2c1.COc1cc(OC)cc(N(CC(O)Cn2ccnc2C)c2ccc3ncc(-c4ccn(C)c4)nc3c2)c1.COc1cc(OC)cc(N(CC2=NCC=C2)c2ccc3ncc(-c4ccn(C)c4)nc3c2)c1. The van der Waals surface area contributed by atoms with Gasteiger partial charge in [0.15, 0.2) is 0 Å². The van der Waals surface area contributed by atoms with E-state index in [1.165, 1.54) is 19.2 Å². The Morgan fingerprint density at radius 2 is 0.737 bits per heavy atom. The lowest BCUT2D eigenvalue weighted by atomic mass is 10.1. The lowest BCUT2D eigenvalue weighted by Crippen LogP contribution is -2.32. The number of methoxy groups -OCH3 is 8. The molecule has 0 amide bonds. The van der Waals surface area contributed by atoms with E-state index in [1.807, 2.05) is 258 Å². The Kier molecular flexibility index (Phi) is 33.1. The van der Waals surface area contributed by atoms with Crippen molar-refractivity contribution in [2.45, 2.75) is 60.1 Å². The van der Waals surface area contributed by atoms with Gasteiger partial charge in [0.25, 0.3) is 0 Å². The Labute approximate surface area is 795 Å². The number of aromatic nitrogens is 14. The van der Waals surface area contributed by atoms with Crippen LogP contribution in [0.25, 0.3) is 89.2 Å². The molecule has 0 spiro atoms. The van der Waals surface area contributed by atoms with Crippen molar-refractivity contribution in [1.82, 2.24) is 67.7 Å². The first-order valence-electron chi connectivity index (χ1n) is 43.6. The topological polar surface area (TPSA) is 321 Å². The molecule has 137 heavy (non-hydrogen) atoms. The molecule has 0 saturated carbocycles. The molecule has 18 rings (SSSR count). The van der Waals surface area contributed by atoms with Crippen molar-refractivity contribution in [2.24, 2.45) is 26.1 Å². The number of anilines is 8. The molecule has 3 atom stereocenters. The first-order valence-corrected chi connectivity index (χ1v) is 43.6. The van der Waals surface area contributed by atoms with E-state index in [0.717, 1.165) is 142 Å². The number of ether oxygens (including phenoxy) is 8. The third kappa shape index (κ3) is 24.5. The Bertz CT molecular complexity index is 6950. The van der Waals surface area contributed by atoms with Crippen molar-refractivity contribution in [3.05, 3.63) is 280 Å². The third-order valence-electron chi connectivity index (χ3n) is 22.6. The van der Waals surface area contributed by atoms with Gasteiger partial charge < -0.3 is 101 Å². The fourth-order valence-electron chi connectivity index (χ4n) is 15.6. The summed E-state index contributed by atoms with van der Waals surface area (Å²) in [7, 11) is 18.8. The van der Waals surface area contributed by atoms with Crippen LogP contribution in [0.4, 0.5) is 49.9 Å². The highest BCUT2D eigenvalue weighted by Gasteiger charge is 2.25. The van der Waals surface area contributed by atoms with Crippen LogP contribution in [0.15, 0.2) is 274 Å². The highest BCUT2D eigenvalue weighted by Crippen LogP contribution is 2.41. The van der Waals surface area contributed by atoms with Crippen LogP contribution in [0, 0.1) is 12.7 Å². The van der Waals surface area contributed by atoms with Gasteiger partial charge in [-0.3, -0.25) is 24.9 Å². The van der Waals surface area contributed by atoms with E-state index in [4.69, 9.17) is 57.8 Å². The van der Waals surface area contributed by atoms with Gasteiger partial charge in [-0.1, -0.05) is 20.9 Å². The normalized spacial score (nSPS) is 12.1. The molecule has 2 unspecified atom stereocenters.